The summed E-state index contributed by atoms with van der Waals surface area (Å²) < 4.78 is 2.10. The summed E-state index contributed by atoms with van der Waals surface area (Å²) in [5.41, 5.74) is 12.3. The number of hydrogen-bond donors (Lipinski definition) is 0. The van der Waals surface area contributed by atoms with Crippen molar-refractivity contribution in [3.8, 4) is 11.1 Å². The first kappa shape index (κ1) is 30.6. The predicted octanol–water partition coefficient (Wildman–Crippen LogP) is 8.17. The third kappa shape index (κ3) is 5.60. The van der Waals surface area contributed by atoms with E-state index in [-0.39, 0.29) is 11.4 Å². The number of aromatic nitrogens is 2. The molecule has 0 unspecified atom stereocenters. The summed E-state index contributed by atoms with van der Waals surface area (Å²) in [6.45, 7) is 23.3. The zero-order valence-corrected chi connectivity index (χ0v) is 26.9. The van der Waals surface area contributed by atoms with E-state index in [1.807, 2.05) is 6.92 Å². The standard InChI is InChI=1S/C36H50N4O/c1-11-17-29(13-3)38(10)34-30(24(5)35(41)39-21-16-15-20-36(39,8)9)19-18-28-22-27(12-2)31(23-32(28)34)33-25(6)37-40(14-4)26(33)7/h11,13,17,22-23H,5,12,14-16,18-21H2,1-4,6-10H3/b17-11-,29-13+. The van der Waals surface area contributed by atoms with Crippen LogP contribution in [0.3, 0.4) is 0 Å². The van der Waals surface area contributed by atoms with Crippen LogP contribution in [0.15, 0.2) is 53.8 Å². The SMILES string of the molecule is C=C(C(=O)N1CCCCC1(C)C)C1=C(N(C)C(/C=C\C)=C/C)c2cc(-c3c(C)nn(CC)c3C)c(CC)cc2CC1. The smallest absolute Gasteiger partial charge is 0.254 e. The van der Waals surface area contributed by atoms with Gasteiger partial charge in [0.1, 0.15) is 0 Å². The maximum Gasteiger partial charge on any atom is 0.254 e. The molecule has 5 heteroatoms. The molecule has 4 rings (SSSR count). The Bertz CT molecular complexity index is 1430. The van der Waals surface area contributed by atoms with Crippen molar-refractivity contribution in [1.82, 2.24) is 19.6 Å². The van der Waals surface area contributed by atoms with E-state index in [0.717, 1.165) is 74.3 Å². The normalized spacial score (nSPS) is 17.3. The summed E-state index contributed by atoms with van der Waals surface area (Å²) in [6.07, 6.45) is 12.2. The first-order chi connectivity index (χ1) is 19.5. The van der Waals surface area contributed by atoms with E-state index in [9.17, 15) is 4.79 Å². The quantitative estimate of drug-likeness (QED) is 0.244. The number of carbonyl (C=O) groups excluding carboxylic acids is 1. The number of rotatable bonds is 8. The highest BCUT2D eigenvalue weighted by molar-refractivity contribution is 6.01. The van der Waals surface area contributed by atoms with Gasteiger partial charge in [-0.3, -0.25) is 9.48 Å². The van der Waals surface area contributed by atoms with Crippen LogP contribution in [0.2, 0.25) is 0 Å². The highest BCUT2D eigenvalue weighted by atomic mass is 16.2. The Kier molecular flexibility index (Phi) is 9.16. The van der Waals surface area contributed by atoms with Crippen LogP contribution < -0.4 is 0 Å². The minimum Gasteiger partial charge on any atom is -0.344 e. The molecule has 0 spiro atoms. The van der Waals surface area contributed by atoms with Gasteiger partial charge in [0.25, 0.3) is 5.91 Å². The van der Waals surface area contributed by atoms with Gasteiger partial charge in [-0.15, -0.1) is 0 Å². The second kappa shape index (κ2) is 12.3. The van der Waals surface area contributed by atoms with Gasteiger partial charge in [-0.05, 0) is 121 Å². The van der Waals surface area contributed by atoms with Crippen LogP contribution in [-0.4, -0.2) is 44.6 Å². The molecule has 1 aromatic heterocycles. The molecule has 1 saturated heterocycles. The molecule has 0 saturated carbocycles. The topological polar surface area (TPSA) is 41.4 Å². The van der Waals surface area contributed by atoms with Gasteiger partial charge in [0.2, 0.25) is 0 Å². The van der Waals surface area contributed by atoms with Crippen LogP contribution in [0.1, 0.15) is 95.3 Å². The molecular weight excluding hydrogens is 504 g/mol. The Morgan fingerprint density at radius 2 is 1.85 bits per heavy atom. The van der Waals surface area contributed by atoms with Gasteiger partial charge in [-0.2, -0.15) is 5.10 Å². The fourth-order valence-corrected chi connectivity index (χ4v) is 6.90. The van der Waals surface area contributed by atoms with E-state index < -0.39 is 0 Å². The first-order valence-electron chi connectivity index (χ1n) is 15.5. The summed E-state index contributed by atoms with van der Waals surface area (Å²) in [5.74, 6) is 0.0772. The van der Waals surface area contributed by atoms with Crippen LogP contribution in [0.4, 0.5) is 0 Å². The van der Waals surface area contributed by atoms with Gasteiger partial charge in [-0.1, -0.05) is 31.7 Å². The average molecular weight is 555 g/mol. The van der Waals surface area contributed by atoms with Crippen molar-refractivity contribution in [3.05, 3.63) is 81.9 Å². The lowest BCUT2D eigenvalue weighted by Crippen LogP contribution is -2.51. The summed E-state index contributed by atoms with van der Waals surface area (Å²) in [5, 5.41) is 4.86. The number of carbonyl (C=O) groups is 1. The number of benzene rings is 1. The lowest BCUT2D eigenvalue weighted by molar-refractivity contribution is -0.133. The molecule has 220 valence electrons. The van der Waals surface area contributed by atoms with Crippen molar-refractivity contribution >= 4 is 11.6 Å². The van der Waals surface area contributed by atoms with Gasteiger partial charge >= 0.3 is 0 Å². The lowest BCUT2D eigenvalue weighted by Gasteiger charge is -2.43. The van der Waals surface area contributed by atoms with Crippen LogP contribution in [0, 0.1) is 13.8 Å². The largest absolute Gasteiger partial charge is 0.344 e. The summed E-state index contributed by atoms with van der Waals surface area (Å²) >= 11 is 0. The molecule has 0 atom stereocenters. The number of nitrogens with zero attached hydrogens (tertiary/aromatic N) is 4. The van der Waals surface area contributed by atoms with Crippen molar-refractivity contribution in [2.75, 3.05) is 13.6 Å². The van der Waals surface area contributed by atoms with Gasteiger partial charge in [0.05, 0.1) is 11.4 Å². The fraction of sp³-hybridized carbons (Fsp3) is 0.500. The molecule has 0 radical (unpaired) electrons. The minimum absolute atomic E-state index is 0.0772. The number of fused-ring (bicyclic) bond motifs is 1. The lowest BCUT2D eigenvalue weighted by atomic mass is 9.81. The Labute approximate surface area is 248 Å². The number of piperidine rings is 1. The molecule has 1 fully saturated rings. The molecule has 2 heterocycles. The molecule has 1 amide bonds. The van der Waals surface area contributed by atoms with E-state index >= 15 is 0 Å². The Morgan fingerprint density at radius 3 is 2.44 bits per heavy atom. The second-order valence-electron chi connectivity index (χ2n) is 12.2. The molecule has 2 aliphatic rings. The Hall–Kier alpha value is -3.34. The summed E-state index contributed by atoms with van der Waals surface area (Å²) in [7, 11) is 2.13. The predicted molar refractivity (Wildman–Crippen MR) is 173 cm³/mol. The summed E-state index contributed by atoms with van der Waals surface area (Å²) in [4.78, 5) is 18.4. The van der Waals surface area contributed by atoms with Crippen molar-refractivity contribution in [2.24, 2.45) is 0 Å². The molecule has 0 bridgehead atoms. The van der Waals surface area contributed by atoms with Gasteiger partial charge in [0.15, 0.2) is 0 Å². The van der Waals surface area contributed by atoms with E-state index in [2.05, 4.69) is 107 Å². The molecular formula is C36H50N4O. The molecule has 1 aliphatic heterocycles. The fourth-order valence-electron chi connectivity index (χ4n) is 6.90. The Morgan fingerprint density at radius 1 is 1.12 bits per heavy atom. The second-order valence-corrected chi connectivity index (χ2v) is 12.2. The van der Waals surface area contributed by atoms with E-state index in [4.69, 9.17) is 5.10 Å². The molecule has 1 aliphatic carbocycles. The number of aryl methyl sites for hydroxylation is 4. The zero-order chi connectivity index (χ0) is 30.1. The zero-order valence-electron chi connectivity index (χ0n) is 26.9. The highest BCUT2D eigenvalue weighted by Crippen LogP contribution is 2.43. The average Bonchev–Trinajstić information content (AvgIpc) is 3.25. The maximum atomic E-state index is 14.1. The molecule has 2 aromatic rings. The van der Waals surface area contributed by atoms with Crippen molar-refractivity contribution in [3.63, 3.8) is 0 Å². The maximum absolute atomic E-state index is 14.1. The third-order valence-electron chi connectivity index (χ3n) is 9.22. The highest BCUT2D eigenvalue weighted by Gasteiger charge is 2.36. The van der Waals surface area contributed by atoms with Crippen molar-refractivity contribution < 1.29 is 4.79 Å². The van der Waals surface area contributed by atoms with E-state index in [0.29, 0.717) is 5.57 Å². The first-order valence-corrected chi connectivity index (χ1v) is 15.5. The molecule has 0 N–H and O–H groups in total. The number of likely N-dealkylation sites (N-methyl/N-ethyl adjacent to an activating group) is 1. The Balaban J connectivity index is 1.96. The van der Waals surface area contributed by atoms with Crippen LogP contribution >= 0.6 is 0 Å². The van der Waals surface area contributed by atoms with Crippen molar-refractivity contribution in [2.45, 2.75) is 106 Å². The summed E-state index contributed by atoms with van der Waals surface area (Å²) in [6, 6.07) is 4.78. The van der Waals surface area contributed by atoms with E-state index in [1.54, 1.807) is 0 Å². The van der Waals surface area contributed by atoms with Gasteiger partial charge in [0, 0.05) is 53.8 Å². The third-order valence-corrected chi connectivity index (χ3v) is 9.22. The van der Waals surface area contributed by atoms with Gasteiger partial charge in [-0.25, -0.2) is 0 Å². The number of likely N-dealkylation sites (tertiary alicyclic amines) is 1. The number of allylic oxidation sites excluding steroid dienone is 3. The molecule has 5 nitrogen and oxygen atoms in total. The van der Waals surface area contributed by atoms with Crippen LogP contribution in [0.25, 0.3) is 16.8 Å². The minimum atomic E-state index is -0.158. The van der Waals surface area contributed by atoms with E-state index in [1.165, 1.54) is 33.5 Å². The number of amides is 1. The number of hydrogen-bond acceptors (Lipinski definition) is 3. The monoisotopic (exact) mass is 554 g/mol. The van der Waals surface area contributed by atoms with Crippen LogP contribution in [0.5, 0.6) is 0 Å². The van der Waals surface area contributed by atoms with Gasteiger partial charge < -0.3 is 9.80 Å². The van der Waals surface area contributed by atoms with Crippen LogP contribution in [-0.2, 0) is 24.2 Å². The molecule has 41 heavy (non-hydrogen) atoms. The van der Waals surface area contributed by atoms with Crippen molar-refractivity contribution in [1.29, 1.82) is 0 Å². The molecule has 1 aromatic carbocycles.